The third-order valence-electron chi connectivity index (χ3n) is 3.80. The highest BCUT2D eigenvalue weighted by molar-refractivity contribution is 7.92. The molecule has 3 aromatic carbocycles. The summed E-state index contributed by atoms with van der Waals surface area (Å²) in [6, 6.07) is 17.4. The van der Waals surface area contributed by atoms with Crippen molar-refractivity contribution in [1.29, 1.82) is 0 Å². The fourth-order valence-electron chi connectivity index (χ4n) is 2.55. The third kappa shape index (κ3) is 3.52. The number of hydrogen-bond acceptors (Lipinski definition) is 2. The molecular weight excluding hydrogens is 377 g/mol. The Bertz CT molecular complexity index is 1050. The Hall–Kier alpha value is -2.01. The first-order chi connectivity index (χ1) is 11.9. The van der Waals surface area contributed by atoms with Crippen LogP contribution in [0.25, 0.3) is 10.8 Å². The van der Waals surface area contributed by atoms with Crippen LogP contribution >= 0.6 is 23.2 Å². The standard InChI is InChI=1S/C19H15Cl2NO2S/c1-2-11-22(16-8-10-18(20)19(21)13-16)25(23,24)17-9-7-14-5-3-4-6-15(14)12-17/h2-10,12-13H,1,11H2. The first-order valence-electron chi connectivity index (χ1n) is 7.51. The van der Waals surface area contributed by atoms with E-state index in [1.807, 2.05) is 24.3 Å². The molecule has 0 aliphatic heterocycles. The second-order valence-corrected chi connectivity index (χ2v) is 8.11. The molecule has 0 aliphatic rings. The predicted octanol–water partition coefficient (Wildman–Crippen LogP) is 5.53. The molecule has 3 rings (SSSR count). The molecule has 0 N–H and O–H groups in total. The van der Waals surface area contributed by atoms with Crippen LogP contribution < -0.4 is 4.31 Å². The molecule has 6 heteroatoms. The Kier molecular flexibility index (Phi) is 5.04. The van der Waals surface area contributed by atoms with Gasteiger partial charge in [-0.3, -0.25) is 4.31 Å². The van der Waals surface area contributed by atoms with Gasteiger partial charge in [-0.25, -0.2) is 8.42 Å². The monoisotopic (exact) mass is 391 g/mol. The number of hydrogen-bond donors (Lipinski definition) is 0. The maximum atomic E-state index is 13.2. The maximum absolute atomic E-state index is 13.2. The number of fused-ring (bicyclic) bond motifs is 1. The molecule has 25 heavy (non-hydrogen) atoms. The van der Waals surface area contributed by atoms with E-state index < -0.39 is 10.0 Å². The smallest absolute Gasteiger partial charge is 0.262 e. The fraction of sp³-hybridized carbons (Fsp3) is 0.0526. The number of sulfonamides is 1. The zero-order valence-corrected chi connectivity index (χ0v) is 15.5. The van der Waals surface area contributed by atoms with E-state index in [1.54, 1.807) is 30.3 Å². The van der Waals surface area contributed by atoms with Crippen molar-refractivity contribution in [2.24, 2.45) is 0 Å². The average Bonchev–Trinajstić information content (AvgIpc) is 2.61. The quantitative estimate of drug-likeness (QED) is 0.536. The van der Waals surface area contributed by atoms with Gasteiger partial charge >= 0.3 is 0 Å². The number of nitrogens with zero attached hydrogens (tertiary/aromatic N) is 1. The van der Waals surface area contributed by atoms with Crippen LogP contribution in [0.5, 0.6) is 0 Å². The Morgan fingerprint density at radius 3 is 2.32 bits per heavy atom. The molecule has 0 aliphatic carbocycles. The molecule has 128 valence electrons. The largest absolute Gasteiger partial charge is 0.264 e. The Morgan fingerprint density at radius 2 is 1.64 bits per heavy atom. The molecule has 3 aromatic rings. The Labute approximate surface area is 157 Å². The van der Waals surface area contributed by atoms with E-state index in [-0.39, 0.29) is 11.4 Å². The van der Waals surface area contributed by atoms with Gasteiger partial charge in [0.1, 0.15) is 0 Å². The molecule has 0 radical (unpaired) electrons. The summed E-state index contributed by atoms with van der Waals surface area (Å²) >= 11 is 12.0. The Morgan fingerprint density at radius 1 is 0.920 bits per heavy atom. The lowest BCUT2D eigenvalue weighted by molar-refractivity contribution is 0.593. The summed E-state index contributed by atoms with van der Waals surface area (Å²) in [5, 5.41) is 2.50. The zero-order valence-electron chi connectivity index (χ0n) is 13.2. The minimum absolute atomic E-state index is 0.118. The van der Waals surface area contributed by atoms with Gasteiger partial charge in [-0.05, 0) is 41.1 Å². The summed E-state index contributed by atoms with van der Waals surface area (Å²) in [5.41, 5.74) is 0.433. The Balaban J connectivity index is 2.12. The third-order valence-corrected chi connectivity index (χ3v) is 6.32. The van der Waals surface area contributed by atoms with Crippen molar-refractivity contribution >= 4 is 49.7 Å². The molecule has 0 atom stereocenters. The SMILES string of the molecule is C=CCN(c1ccc(Cl)c(Cl)c1)S(=O)(=O)c1ccc2ccccc2c1. The van der Waals surface area contributed by atoms with E-state index in [2.05, 4.69) is 6.58 Å². The van der Waals surface area contributed by atoms with E-state index >= 15 is 0 Å². The number of benzene rings is 3. The van der Waals surface area contributed by atoms with Crippen LogP contribution in [0, 0.1) is 0 Å². The number of anilines is 1. The van der Waals surface area contributed by atoms with Gasteiger partial charge in [0.2, 0.25) is 0 Å². The summed E-state index contributed by atoms with van der Waals surface area (Å²) < 4.78 is 27.6. The van der Waals surface area contributed by atoms with Crippen molar-refractivity contribution in [1.82, 2.24) is 0 Å². The minimum Gasteiger partial charge on any atom is -0.262 e. The summed E-state index contributed by atoms with van der Waals surface area (Å²) in [6.45, 7) is 3.78. The van der Waals surface area contributed by atoms with E-state index in [4.69, 9.17) is 23.2 Å². The highest BCUT2D eigenvalue weighted by Crippen LogP contribution is 2.31. The zero-order chi connectivity index (χ0) is 18.0. The molecule has 0 unspecified atom stereocenters. The highest BCUT2D eigenvalue weighted by Gasteiger charge is 2.24. The number of rotatable bonds is 5. The second kappa shape index (κ2) is 7.08. The predicted molar refractivity (Wildman–Crippen MR) is 105 cm³/mol. The van der Waals surface area contributed by atoms with Crippen molar-refractivity contribution in [2.45, 2.75) is 4.90 Å². The van der Waals surface area contributed by atoms with Gasteiger partial charge in [-0.1, -0.05) is 59.6 Å². The van der Waals surface area contributed by atoms with Crippen LogP contribution in [0.1, 0.15) is 0 Å². The molecule has 0 aromatic heterocycles. The van der Waals surface area contributed by atoms with Gasteiger partial charge in [-0.15, -0.1) is 6.58 Å². The number of halogens is 2. The lowest BCUT2D eigenvalue weighted by atomic mass is 10.1. The molecule has 0 saturated carbocycles. The van der Waals surface area contributed by atoms with Crippen LogP contribution in [-0.2, 0) is 10.0 Å². The van der Waals surface area contributed by atoms with E-state index in [9.17, 15) is 8.42 Å². The van der Waals surface area contributed by atoms with Crippen molar-refractivity contribution in [2.75, 3.05) is 10.8 Å². The minimum atomic E-state index is -3.78. The maximum Gasteiger partial charge on any atom is 0.264 e. The summed E-state index contributed by atoms with van der Waals surface area (Å²) in [7, 11) is -3.78. The van der Waals surface area contributed by atoms with Crippen molar-refractivity contribution < 1.29 is 8.42 Å². The highest BCUT2D eigenvalue weighted by atomic mass is 35.5. The second-order valence-electron chi connectivity index (χ2n) is 5.43. The first kappa shape index (κ1) is 17.8. The van der Waals surface area contributed by atoms with E-state index in [1.165, 1.54) is 16.4 Å². The van der Waals surface area contributed by atoms with E-state index in [0.717, 1.165) is 10.8 Å². The molecule has 0 saturated heterocycles. The fourth-order valence-corrected chi connectivity index (χ4v) is 4.31. The molecule has 0 bridgehead atoms. The molecule has 3 nitrogen and oxygen atoms in total. The first-order valence-corrected chi connectivity index (χ1v) is 9.70. The lowest BCUT2D eigenvalue weighted by Crippen LogP contribution is -2.31. The van der Waals surface area contributed by atoms with Gasteiger partial charge in [0.25, 0.3) is 10.0 Å². The van der Waals surface area contributed by atoms with Crippen LogP contribution in [0.4, 0.5) is 5.69 Å². The molecule has 0 spiro atoms. The summed E-state index contributed by atoms with van der Waals surface area (Å²) in [4.78, 5) is 0.208. The summed E-state index contributed by atoms with van der Waals surface area (Å²) in [6.07, 6.45) is 1.53. The van der Waals surface area contributed by atoms with Crippen molar-refractivity contribution in [3.63, 3.8) is 0 Å². The lowest BCUT2D eigenvalue weighted by Gasteiger charge is -2.23. The van der Waals surface area contributed by atoms with Crippen molar-refractivity contribution in [3.05, 3.63) is 83.4 Å². The van der Waals surface area contributed by atoms with Gasteiger partial charge in [0.05, 0.1) is 27.2 Å². The molecule has 0 heterocycles. The van der Waals surface area contributed by atoms with E-state index in [0.29, 0.717) is 15.7 Å². The normalized spacial score (nSPS) is 11.4. The summed E-state index contributed by atoms with van der Waals surface area (Å²) in [5.74, 6) is 0. The van der Waals surface area contributed by atoms with Crippen molar-refractivity contribution in [3.8, 4) is 0 Å². The van der Waals surface area contributed by atoms with Gasteiger partial charge in [-0.2, -0.15) is 0 Å². The van der Waals surface area contributed by atoms with Crippen LogP contribution in [-0.4, -0.2) is 15.0 Å². The molecule has 0 fully saturated rings. The van der Waals surface area contributed by atoms with Gasteiger partial charge in [0, 0.05) is 0 Å². The van der Waals surface area contributed by atoms with Crippen LogP contribution in [0.3, 0.4) is 0 Å². The van der Waals surface area contributed by atoms with Crippen LogP contribution in [0.15, 0.2) is 78.2 Å². The van der Waals surface area contributed by atoms with Gasteiger partial charge in [0.15, 0.2) is 0 Å². The molecular formula is C19H15Cl2NO2S. The molecule has 0 amide bonds. The van der Waals surface area contributed by atoms with Crippen LogP contribution in [0.2, 0.25) is 10.0 Å². The van der Waals surface area contributed by atoms with Gasteiger partial charge < -0.3 is 0 Å². The average molecular weight is 392 g/mol. The topological polar surface area (TPSA) is 37.4 Å².